The summed E-state index contributed by atoms with van der Waals surface area (Å²) in [4.78, 5) is 61.7. The highest BCUT2D eigenvalue weighted by molar-refractivity contribution is 6.07. The summed E-state index contributed by atoms with van der Waals surface area (Å²) in [5.41, 5.74) is -1.05. The largest absolute Gasteiger partial charge is 0.480 e. The van der Waals surface area contributed by atoms with Crippen LogP contribution in [0.4, 0.5) is 0 Å². The van der Waals surface area contributed by atoms with E-state index in [1.807, 2.05) is 0 Å². The van der Waals surface area contributed by atoms with Crippen molar-refractivity contribution in [1.82, 2.24) is 5.32 Å². The highest BCUT2D eigenvalue weighted by atomic mass is 16.4. The molecule has 78 heavy (non-hydrogen) atoms. The number of allylic oxidation sites excluding steroid dienone is 1. The first-order valence-electron chi connectivity index (χ1n) is 33.8. The van der Waals surface area contributed by atoms with E-state index in [9.17, 15) is 34.2 Å². The van der Waals surface area contributed by atoms with E-state index < -0.39 is 23.4 Å². The number of nitrogens with one attached hydrogen (secondary N) is 1. The zero-order valence-corrected chi connectivity index (χ0v) is 53.4. The number of hydrogen-bond acceptors (Lipinski definition) is 7. The van der Waals surface area contributed by atoms with Crippen molar-refractivity contribution >= 4 is 29.3 Å². The lowest BCUT2D eigenvalue weighted by atomic mass is 9.83. The molecule has 0 saturated carbocycles. The minimum atomic E-state index is -1.43. The smallest absolute Gasteiger partial charge is 0.332 e. The zero-order chi connectivity index (χ0) is 58.8. The minimum Gasteiger partial charge on any atom is -0.480 e. The Morgan fingerprint density at radius 1 is 0.385 bits per heavy atom. The van der Waals surface area contributed by atoms with Gasteiger partial charge in [-0.05, 0) is 59.4 Å². The Kier molecular flexibility index (Phi) is 62.1. The normalized spacial score (nSPS) is 13.1. The number of aliphatic hydroxyl groups excluding tert-OH is 1. The minimum absolute atomic E-state index is 0.0132. The Balaban J connectivity index is -0.00000121. The number of unbranched alkanes of at least 4 members (excludes halogenated alkanes) is 38. The van der Waals surface area contributed by atoms with Crippen LogP contribution >= 0.6 is 0 Å². The van der Waals surface area contributed by atoms with E-state index in [0.29, 0.717) is 31.3 Å². The number of carbonyl (C=O) groups excluding carboxylic acids is 3. The zero-order valence-electron chi connectivity index (χ0n) is 53.4. The average molecular weight is 1100 g/mol. The first kappa shape index (κ1) is 79.8. The van der Waals surface area contributed by atoms with Crippen molar-refractivity contribution < 1.29 is 39.3 Å². The number of carboxylic acid groups (broad SMARTS) is 2. The summed E-state index contributed by atoms with van der Waals surface area (Å²) in [7, 11) is 1.52. The third-order valence-electron chi connectivity index (χ3n) is 16.2. The molecule has 0 spiro atoms. The van der Waals surface area contributed by atoms with Crippen molar-refractivity contribution in [2.24, 2.45) is 5.92 Å². The lowest BCUT2D eigenvalue weighted by molar-refractivity contribution is -0.149. The Morgan fingerprint density at radius 2 is 0.654 bits per heavy atom. The van der Waals surface area contributed by atoms with Gasteiger partial charge in [0, 0.05) is 24.8 Å². The van der Waals surface area contributed by atoms with E-state index in [4.69, 9.17) is 5.11 Å². The monoisotopic (exact) mass is 1100 g/mol. The molecule has 9 nitrogen and oxygen atoms in total. The lowest BCUT2D eigenvalue weighted by Gasteiger charge is -2.22. The second kappa shape index (κ2) is 60.7. The Labute approximate surface area is 484 Å². The van der Waals surface area contributed by atoms with Crippen LogP contribution in [-0.4, -0.2) is 63.3 Å². The van der Waals surface area contributed by atoms with Gasteiger partial charge in [0.2, 0.25) is 0 Å². The average Bonchev–Trinajstić information content (AvgIpc) is 3.42. The topological polar surface area (TPSA) is 158 Å². The quantitative estimate of drug-likeness (QED) is 0.0264. The van der Waals surface area contributed by atoms with Crippen LogP contribution in [0.15, 0.2) is 11.1 Å². The number of rotatable bonds is 57. The maximum atomic E-state index is 13.3. The van der Waals surface area contributed by atoms with Crippen molar-refractivity contribution in [2.75, 3.05) is 7.05 Å². The van der Waals surface area contributed by atoms with Crippen LogP contribution in [0.1, 0.15) is 376 Å². The summed E-state index contributed by atoms with van der Waals surface area (Å²) < 4.78 is 0. The molecule has 0 aliphatic carbocycles. The molecule has 3 unspecified atom stereocenters. The second-order valence-electron chi connectivity index (χ2n) is 23.6. The molecule has 0 rings (SSSR count). The SMILES string of the molecule is CCCCCCCCCC(O)CCCCCC.CCCCCCCCCCCCCC(=O)C(C)(NC)C(=O)O.CCCCCCCCCCCCCC(=O)C(C)=C(C(=O)O)C(CCCCCC)C(=O)CCCCCCCCC. The lowest BCUT2D eigenvalue weighted by Crippen LogP contribution is -2.54. The first-order chi connectivity index (χ1) is 37.7. The van der Waals surface area contributed by atoms with Crippen LogP contribution in [0, 0.1) is 5.92 Å². The fraction of sp³-hybridized carbons (Fsp3) is 0.899. The van der Waals surface area contributed by atoms with Gasteiger partial charge in [-0.2, -0.15) is 0 Å². The molecule has 0 aromatic heterocycles. The second-order valence-corrected chi connectivity index (χ2v) is 23.6. The molecular weight excluding hydrogens is 971 g/mol. The van der Waals surface area contributed by atoms with Crippen LogP contribution in [0.3, 0.4) is 0 Å². The van der Waals surface area contributed by atoms with Crippen molar-refractivity contribution in [2.45, 2.75) is 388 Å². The van der Waals surface area contributed by atoms with Gasteiger partial charge in [0.25, 0.3) is 0 Å². The number of ketones is 3. The van der Waals surface area contributed by atoms with Gasteiger partial charge in [0.1, 0.15) is 5.78 Å². The molecule has 0 aliphatic heterocycles. The van der Waals surface area contributed by atoms with E-state index in [0.717, 1.165) is 96.3 Å². The van der Waals surface area contributed by atoms with E-state index in [1.165, 1.54) is 213 Å². The Morgan fingerprint density at radius 3 is 0.962 bits per heavy atom. The van der Waals surface area contributed by atoms with Crippen LogP contribution in [0.2, 0.25) is 0 Å². The molecule has 4 N–H and O–H groups in total. The summed E-state index contributed by atoms with van der Waals surface area (Å²) in [5.74, 6) is -3.14. The molecule has 0 fully saturated rings. The summed E-state index contributed by atoms with van der Waals surface area (Å²) >= 11 is 0. The molecule has 0 aromatic rings. The van der Waals surface area contributed by atoms with Crippen molar-refractivity contribution in [3.8, 4) is 0 Å². The summed E-state index contributed by atoms with van der Waals surface area (Å²) in [5, 5.41) is 31.6. The van der Waals surface area contributed by atoms with Gasteiger partial charge >= 0.3 is 11.9 Å². The summed E-state index contributed by atoms with van der Waals surface area (Å²) in [6.45, 7) is 16.4. The fourth-order valence-electron chi connectivity index (χ4n) is 10.4. The molecule has 0 amide bonds. The molecule has 3 atom stereocenters. The van der Waals surface area contributed by atoms with Gasteiger partial charge in [-0.3, -0.25) is 19.7 Å². The van der Waals surface area contributed by atoms with Crippen molar-refractivity contribution in [1.29, 1.82) is 0 Å². The van der Waals surface area contributed by atoms with Gasteiger partial charge in [-0.1, -0.05) is 305 Å². The molecule has 0 heterocycles. The highest BCUT2D eigenvalue weighted by Gasteiger charge is 2.38. The number of aliphatic hydroxyl groups is 1. The van der Waals surface area contributed by atoms with Crippen LogP contribution in [0.25, 0.3) is 0 Å². The standard InChI is InChI=1S/C35H64O4.C18H35NO3.C16H34O/c1-5-8-11-14-16-17-18-19-21-22-25-28-32(36)30(4)34(35(38)39)31(27-24-13-10-7-3)33(37)29-26-23-20-15-12-9-6-2;1-4-5-6-7-8-9-10-11-12-13-14-15-16(20)18(2,19-3)17(21)22;1-3-5-7-9-10-11-13-15-16(17)14-12-8-6-4-2/h31H,5-29H2,1-4H3,(H,38,39);19H,4-15H2,1-3H3,(H,21,22);16-17H,3-15H2,1-2H3. The first-order valence-corrected chi connectivity index (χ1v) is 33.8. The Bertz CT molecular complexity index is 1410. The van der Waals surface area contributed by atoms with Gasteiger partial charge < -0.3 is 15.3 Å². The number of carbonyl (C=O) groups is 5. The third-order valence-corrected chi connectivity index (χ3v) is 16.2. The maximum Gasteiger partial charge on any atom is 0.332 e. The molecule has 0 bridgehead atoms. The molecule has 462 valence electrons. The Hall–Kier alpha value is -2.39. The molecule has 9 heteroatoms. The summed E-state index contributed by atoms with van der Waals surface area (Å²) in [6.07, 6.45) is 57.0. The third kappa shape index (κ3) is 49.4. The van der Waals surface area contributed by atoms with Gasteiger partial charge in [0.05, 0.1) is 17.6 Å². The van der Waals surface area contributed by atoms with Crippen LogP contribution in [-0.2, 0) is 24.0 Å². The van der Waals surface area contributed by atoms with Gasteiger partial charge in [-0.15, -0.1) is 0 Å². The maximum absolute atomic E-state index is 13.3. The van der Waals surface area contributed by atoms with E-state index in [2.05, 4.69) is 46.9 Å². The molecule has 0 aromatic carbocycles. The molecule has 0 aliphatic rings. The van der Waals surface area contributed by atoms with Crippen LogP contribution < -0.4 is 5.32 Å². The van der Waals surface area contributed by atoms with Gasteiger partial charge in [-0.25, -0.2) is 9.59 Å². The van der Waals surface area contributed by atoms with Crippen molar-refractivity contribution in [3.63, 3.8) is 0 Å². The number of Topliss-reactive ketones (excluding diaryl/α,β-unsaturated/α-hetero) is 3. The number of aliphatic carboxylic acids is 2. The number of hydrogen-bond donors (Lipinski definition) is 4. The van der Waals surface area contributed by atoms with E-state index >= 15 is 0 Å². The molecule has 0 saturated heterocycles. The summed E-state index contributed by atoms with van der Waals surface area (Å²) in [6, 6.07) is 0. The van der Waals surface area contributed by atoms with E-state index in [1.54, 1.807) is 6.92 Å². The predicted octanol–water partition coefficient (Wildman–Crippen LogP) is 20.7. The highest BCUT2D eigenvalue weighted by Crippen LogP contribution is 2.28. The molecule has 0 radical (unpaired) electrons. The number of likely N-dealkylation sites (N-methyl/N-ethyl adjacent to an activating group) is 1. The van der Waals surface area contributed by atoms with Gasteiger partial charge in [0.15, 0.2) is 17.1 Å². The fourth-order valence-corrected chi connectivity index (χ4v) is 10.4. The number of carboxylic acids is 2. The molecular formula is C69H133NO8. The van der Waals surface area contributed by atoms with Crippen LogP contribution in [0.5, 0.6) is 0 Å². The predicted molar refractivity (Wildman–Crippen MR) is 335 cm³/mol. The van der Waals surface area contributed by atoms with E-state index in [-0.39, 0.29) is 29.0 Å². The van der Waals surface area contributed by atoms with Crippen molar-refractivity contribution in [3.05, 3.63) is 11.1 Å².